The molecule has 2 nitrogen and oxygen atoms in total. The van der Waals surface area contributed by atoms with E-state index >= 15 is 0 Å². The molecule has 0 spiro atoms. The van der Waals surface area contributed by atoms with Crippen LogP contribution in [-0.4, -0.2) is 24.1 Å². The summed E-state index contributed by atoms with van der Waals surface area (Å²) < 4.78 is 0. The molecule has 0 bridgehead atoms. The van der Waals surface area contributed by atoms with E-state index in [0.717, 1.165) is 12.1 Å². The summed E-state index contributed by atoms with van der Waals surface area (Å²) in [6.07, 6.45) is 0.876. The van der Waals surface area contributed by atoms with Crippen LogP contribution in [0.2, 0.25) is 0 Å². The van der Waals surface area contributed by atoms with Gasteiger partial charge in [-0.1, -0.05) is 6.07 Å². The van der Waals surface area contributed by atoms with Gasteiger partial charge in [0, 0.05) is 17.8 Å². The van der Waals surface area contributed by atoms with Gasteiger partial charge in [0.1, 0.15) is 0 Å². The molecule has 0 fully saturated rings. The molecule has 1 heterocycles. The van der Waals surface area contributed by atoms with Crippen molar-refractivity contribution in [2.75, 3.05) is 17.8 Å². The Balaban J connectivity index is 2.37. The highest BCUT2D eigenvalue weighted by Crippen LogP contribution is 2.38. The molecule has 1 aliphatic rings. The first-order valence-corrected chi connectivity index (χ1v) is 6.68. The van der Waals surface area contributed by atoms with Crippen molar-refractivity contribution < 1.29 is 4.79 Å². The Morgan fingerprint density at radius 2 is 2.25 bits per heavy atom. The molecular weight excluding hydrogens is 242 g/mol. The molecule has 1 aromatic carbocycles. The summed E-state index contributed by atoms with van der Waals surface area (Å²) in [4.78, 5) is 14.7. The van der Waals surface area contributed by atoms with E-state index in [1.54, 1.807) is 16.7 Å². The molecule has 0 radical (unpaired) electrons. The fraction of sp³-hybridized carbons (Fsp3) is 0.417. The first kappa shape index (κ1) is 11.8. The Bertz CT molecular complexity index is 421. The van der Waals surface area contributed by atoms with E-state index in [1.165, 1.54) is 10.5 Å². The van der Waals surface area contributed by atoms with Crippen LogP contribution in [-0.2, 0) is 11.2 Å². The molecule has 1 aromatic rings. The third kappa shape index (κ3) is 2.06. The number of amides is 1. The van der Waals surface area contributed by atoms with Gasteiger partial charge in [-0.25, -0.2) is 0 Å². The Labute approximate surface area is 105 Å². The van der Waals surface area contributed by atoms with Crippen molar-refractivity contribution in [3.05, 3.63) is 23.8 Å². The smallest absolute Gasteiger partial charge is 0.239 e. The minimum atomic E-state index is 0.00347. The Morgan fingerprint density at radius 1 is 1.50 bits per heavy atom. The molecule has 0 aromatic heterocycles. The normalized spacial score (nSPS) is 19.8. The zero-order chi connectivity index (χ0) is 11.7. The summed E-state index contributed by atoms with van der Waals surface area (Å²) >= 11 is 7.36. The van der Waals surface area contributed by atoms with Crippen LogP contribution in [0.5, 0.6) is 0 Å². The summed E-state index contributed by atoms with van der Waals surface area (Å²) in [5, 5.41) is 0.00347. The molecule has 1 aliphatic heterocycles. The average Bonchev–Trinajstić information content (AvgIpc) is 2.26. The number of hydrogen-bond acceptors (Lipinski definition) is 2. The summed E-state index contributed by atoms with van der Waals surface area (Å²) in [5.74, 6) is 0.802. The van der Waals surface area contributed by atoms with Crippen LogP contribution in [0.1, 0.15) is 12.5 Å². The number of rotatable bonds is 2. The van der Waals surface area contributed by atoms with Crippen molar-refractivity contribution in [1.29, 1.82) is 0 Å². The summed E-state index contributed by atoms with van der Waals surface area (Å²) in [6.45, 7) is 1.95. The largest absolute Gasteiger partial charge is 0.313 e. The van der Waals surface area contributed by atoms with Crippen LogP contribution < -0.4 is 4.90 Å². The summed E-state index contributed by atoms with van der Waals surface area (Å²) in [6, 6.07) is 6.19. The SMILES string of the molecule is CC1Sc2cc(CCCl)ccc2N(C)C1=O. The molecule has 1 amide bonds. The maximum absolute atomic E-state index is 11.8. The number of aryl methyl sites for hydroxylation is 1. The van der Waals surface area contributed by atoms with Crippen molar-refractivity contribution in [2.24, 2.45) is 0 Å². The zero-order valence-corrected chi connectivity index (χ0v) is 10.9. The van der Waals surface area contributed by atoms with Crippen LogP contribution in [0.25, 0.3) is 0 Å². The molecule has 86 valence electrons. The lowest BCUT2D eigenvalue weighted by molar-refractivity contribution is -0.117. The van der Waals surface area contributed by atoms with E-state index in [-0.39, 0.29) is 11.2 Å². The van der Waals surface area contributed by atoms with Crippen LogP contribution >= 0.6 is 23.4 Å². The van der Waals surface area contributed by atoms with Gasteiger partial charge in [-0.05, 0) is 31.0 Å². The summed E-state index contributed by atoms with van der Waals surface area (Å²) in [5.41, 5.74) is 2.24. The van der Waals surface area contributed by atoms with E-state index in [4.69, 9.17) is 11.6 Å². The van der Waals surface area contributed by atoms with E-state index in [2.05, 4.69) is 6.07 Å². The number of carbonyl (C=O) groups is 1. The molecule has 0 saturated heterocycles. The quantitative estimate of drug-likeness (QED) is 0.758. The molecule has 16 heavy (non-hydrogen) atoms. The van der Waals surface area contributed by atoms with Crippen LogP contribution in [0, 0.1) is 0 Å². The van der Waals surface area contributed by atoms with Crippen LogP contribution in [0.4, 0.5) is 5.69 Å². The van der Waals surface area contributed by atoms with Crippen molar-refractivity contribution in [3.8, 4) is 0 Å². The van der Waals surface area contributed by atoms with Gasteiger partial charge in [0.15, 0.2) is 0 Å². The fourth-order valence-corrected chi connectivity index (χ4v) is 3.23. The number of nitrogens with zero attached hydrogens (tertiary/aromatic N) is 1. The Morgan fingerprint density at radius 3 is 2.94 bits per heavy atom. The van der Waals surface area contributed by atoms with E-state index < -0.39 is 0 Å². The molecule has 1 unspecified atom stereocenters. The number of benzene rings is 1. The molecule has 0 N–H and O–H groups in total. The van der Waals surface area contributed by atoms with Gasteiger partial charge in [0.05, 0.1) is 10.9 Å². The lowest BCUT2D eigenvalue weighted by Crippen LogP contribution is -2.36. The minimum absolute atomic E-state index is 0.00347. The zero-order valence-electron chi connectivity index (χ0n) is 9.37. The van der Waals surface area contributed by atoms with E-state index in [9.17, 15) is 4.79 Å². The highest BCUT2D eigenvalue weighted by atomic mass is 35.5. The molecule has 0 aliphatic carbocycles. The Kier molecular flexibility index (Phi) is 3.45. The first-order chi connectivity index (χ1) is 7.63. The van der Waals surface area contributed by atoms with Gasteiger partial charge in [-0.2, -0.15) is 0 Å². The lowest BCUT2D eigenvalue weighted by atomic mass is 10.1. The van der Waals surface area contributed by atoms with Gasteiger partial charge >= 0.3 is 0 Å². The highest BCUT2D eigenvalue weighted by molar-refractivity contribution is 8.00. The number of thioether (sulfide) groups is 1. The van der Waals surface area contributed by atoms with Gasteiger partial charge in [-0.3, -0.25) is 4.79 Å². The minimum Gasteiger partial charge on any atom is -0.313 e. The third-order valence-electron chi connectivity index (χ3n) is 2.75. The van der Waals surface area contributed by atoms with Gasteiger partial charge in [0.2, 0.25) is 5.91 Å². The predicted octanol–water partition coefficient (Wildman–Crippen LogP) is 2.92. The second-order valence-electron chi connectivity index (χ2n) is 3.90. The highest BCUT2D eigenvalue weighted by Gasteiger charge is 2.27. The molecule has 1 atom stereocenters. The summed E-state index contributed by atoms with van der Waals surface area (Å²) in [7, 11) is 1.83. The maximum atomic E-state index is 11.8. The fourth-order valence-electron chi connectivity index (χ4n) is 1.83. The molecule has 2 rings (SSSR count). The average molecular weight is 256 g/mol. The molecule has 4 heteroatoms. The second kappa shape index (κ2) is 4.68. The number of fused-ring (bicyclic) bond motifs is 1. The van der Waals surface area contributed by atoms with Gasteiger partial charge in [-0.15, -0.1) is 23.4 Å². The number of alkyl halides is 1. The Hall–Kier alpha value is -0.670. The monoisotopic (exact) mass is 255 g/mol. The standard InChI is InChI=1S/C12H14ClNOS/c1-8-12(15)14(2)10-4-3-9(5-6-13)7-11(10)16-8/h3-4,7-8H,5-6H2,1-2H3. The molecular formula is C12H14ClNOS. The third-order valence-corrected chi connectivity index (χ3v) is 4.08. The number of carbonyl (C=O) groups excluding carboxylic acids is 1. The number of halogens is 1. The van der Waals surface area contributed by atoms with Gasteiger partial charge in [0.25, 0.3) is 0 Å². The van der Waals surface area contributed by atoms with Crippen molar-refractivity contribution >= 4 is 35.0 Å². The van der Waals surface area contributed by atoms with E-state index in [1.807, 2.05) is 26.1 Å². The number of anilines is 1. The lowest BCUT2D eigenvalue weighted by Gasteiger charge is -2.29. The number of hydrogen-bond donors (Lipinski definition) is 0. The first-order valence-electron chi connectivity index (χ1n) is 5.26. The second-order valence-corrected chi connectivity index (χ2v) is 5.66. The van der Waals surface area contributed by atoms with E-state index in [0.29, 0.717) is 5.88 Å². The van der Waals surface area contributed by atoms with Crippen molar-refractivity contribution in [1.82, 2.24) is 0 Å². The predicted molar refractivity (Wildman–Crippen MR) is 69.6 cm³/mol. The maximum Gasteiger partial charge on any atom is 0.239 e. The van der Waals surface area contributed by atoms with Gasteiger partial charge < -0.3 is 4.90 Å². The topological polar surface area (TPSA) is 20.3 Å². The van der Waals surface area contributed by atoms with Crippen molar-refractivity contribution in [2.45, 2.75) is 23.5 Å². The molecule has 0 saturated carbocycles. The van der Waals surface area contributed by atoms with Crippen LogP contribution in [0.3, 0.4) is 0 Å². The van der Waals surface area contributed by atoms with Crippen molar-refractivity contribution in [3.63, 3.8) is 0 Å². The van der Waals surface area contributed by atoms with Crippen LogP contribution in [0.15, 0.2) is 23.1 Å².